The van der Waals surface area contributed by atoms with Gasteiger partial charge in [-0.1, -0.05) is 5.69 Å². The third-order valence-electron chi connectivity index (χ3n) is 1.26. The first-order valence-corrected chi connectivity index (χ1v) is 3.30. The molecule has 0 saturated carbocycles. The van der Waals surface area contributed by atoms with Crippen LogP contribution in [0.4, 0.5) is 0 Å². The van der Waals surface area contributed by atoms with E-state index in [0.717, 1.165) is 0 Å². The minimum atomic E-state index is -1.02. The smallest absolute Gasteiger partial charge is 0.693 e. The molecule has 0 fully saturated rings. The molecule has 1 heterocycles. The van der Waals surface area contributed by atoms with Crippen LogP contribution in [0, 0.1) is 6.65 Å². The van der Waals surface area contributed by atoms with Crippen molar-refractivity contribution in [1.82, 2.24) is 9.97 Å². The molecular weight excluding hydrogens is 331 g/mol. The first-order valence-electron chi connectivity index (χ1n) is 3.30. The van der Waals surface area contributed by atoms with Crippen LogP contribution in [0.3, 0.4) is 0 Å². The van der Waals surface area contributed by atoms with Crippen molar-refractivity contribution in [3.05, 3.63) is 49.5 Å². The molecule has 1 unspecified atom stereocenters. The topological polar surface area (TPSA) is 243 Å². The van der Waals surface area contributed by atoms with E-state index in [2.05, 4.69) is 16.6 Å². The van der Waals surface area contributed by atoms with Crippen LogP contribution in [-0.2, 0) is 35.3 Å². The second kappa shape index (κ2) is 21.2. The molecule has 0 aliphatic carbocycles. The van der Waals surface area contributed by atoms with Gasteiger partial charge in [-0.15, -0.1) is 6.20 Å². The standard InChI is InChI=1S/C6H8N3O2.CO.4H2N.Ru/c7-5(6(10)11)1-4-2-8-3-9-4;1-2;;;;;/h2-3,5H,1,7H2,(H,10,11);;4*1H2;/q-1;;4*-1;+6. The zero-order valence-electron chi connectivity index (χ0n) is 9.34. The second-order valence-electron chi connectivity index (χ2n) is 2.16. The zero-order chi connectivity index (χ0) is 10.3. The average Bonchev–Trinajstić information content (AvgIpc) is 2.60. The Kier molecular flexibility index (Phi) is 42.3. The van der Waals surface area contributed by atoms with Gasteiger partial charge in [-0.25, -0.2) is 0 Å². The molecule has 0 aliphatic heterocycles. The largest absolute Gasteiger partial charge is 6.00 e. The number of aliphatic carboxylic acids is 1. The summed E-state index contributed by atoms with van der Waals surface area (Å²) in [6, 6.07) is -0.883. The van der Waals surface area contributed by atoms with Gasteiger partial charge >= 0.3 is 36.7 Å². The summed E-state index contributed by atoms with van der Waals surface area (Å²) in [6.45, 7) is 4.50. The molecule has 11 N–H and O–H groups in total. The Morgan fingerprint density at radius 2 is 1.89 bits per heavy atom. The summed E-state index contributed by atoms with van der Waals surface area (Å²) in [5, 5.41) is 8.41. The molecule has 0 saturated heterocycles. The van der Waals surface area contributed by atoms with E-state index in [0.29, 0.717) is 5.69 Å². The van der Waals surface area contributed by atoms with Gasteiger partial charge in [0, 0.05) is 0 Å². The van der Waals surface area contributed by atoms with Crippen LogP contribution < -0.4 is 5.73 Å². The van der Waals surface area contributed by atoms with E-state index < -0.39 is 12.0 Å². The third-order valence-corrected chi connectivity index (χ3v) is 1.26. The normalized spacial score (nSPS) is 7.94. The maximum Gasteiger partial charge on any atom is 6.00 e. The fourth-order valence-corrected chi connectivity index (χ4v) is 0.678. The summed E-state index contributed by atoms with van der Waals surface area (Å²) in [5.74, 6) is -1.02. The van der Waals surface area contributed by atoms with Crippen molar-refractivity contribution in [3.63, 3.8) is 0 Å². The van der Waals surface area contributed by atoms with Gasteiger partial charge in [0.2, 0.25) is 0 Å². The number of carbonyl (C=O) groups is 1. The van der Waals surface area contributed by atoms with E-state index in [-0.39, 0.29) is 50.5 Å². The van der Waals surface area contributed by atoms with E-state index >= 15 is 0 Å². The number of imidazole rings is 1. The second-order valence-corrected chi connectivity index (χ2v) is 2.16. The minimum absolute atomic E-state index is 0. The Labute approximate surface area is 118 Å². The number of nitrogens with two attached hydrogens (primary N) is 5. The number of carboxylic acid groups (broad SMARTS) is 1. The molecule has 1 aromatic heterocycles. The number of nitrogens with zero attached hydrogens (tertiary/aromatic N) is 2. The van der Waals surface area contributed by atoms with Crippen LogP contribution in [0.5, 0.6) is 0 Å². The van der Waals surface area contributed by atoms with E-state index in [1.165, 1.54) is 12.5 Å². The monoisotopic (exact) mass is 348 g/mol. The van der Waals surface area contributed by atoms with Gasteiger partial charge in [-0.05, 0) is 12.7 Å². The first-order chi connectivity index (χ1) is 6.20. The van der Waals surface area contributed by atoms with Crippen molar-refractivity contribution in [3.8, 4) is 0 Å². The summed E-state index contributed by atoms with van der Waals surface area (Å²) in [5.41, 5.74) is 5.85. The summed E-state index contributed by atoms with van der Waals surface area (Å²) in [7, 11) is 0. The number of carboxylic acids is 1. The van der Waals surface area contributed by atoms with Crippen molar-refractivity contribution in [1.29, 1.82) is 0 Å². The third kappa shape index (κ3) is 14.8. The molecule has 1 rings (SSSR count). The van der Waals surface area contributed by atoms with Crippen LogP contribution in [0.1, 0.15) is 5.69 Å². The quantitative estimate of drug-likeness (QED) is 0.471. The minimum Gasteiger partial charge on any atom is -0.693 e. The van der Waals surface area contributed by atoms with Gasteiger partial charge in [0.15, 0.2) is 0 Å². The van der Waals surface area contributed by atoms with E-state index in [4.69, 9.17) is 15.5 Å². The molecular formula is C7H16N7O3Ru+. The summed E-state index contributed by atoms with van der Waals surface area (Å²) < 4.78 is 7.50. The van der Waals surface area contributed by atoms with Crippen molar-refractivity contribution in [2.24, 2.45) is 5.73 Å². The van der Waals surface area contributed by atoms with Gasteiger partial charge in [0.05, 0.1) is 6.04 Å². The summed E-state index contributed by atoms with van der Waals surface area (Å²) >= 11 is 0. The number of aromatic nitrogens is 2. The predicted octanol–water partition coefficient (Wildman–Crippen LogP) is 1.98. The van der Waals surface area contributed by atoms with Crippen LogP contribution in [0.25, 0.3) is 24.6 Å². The van der Waals surface area contributed by atoms with Crippen molar-refractivity contribution in [2.45, 2.75) is 12.5 Å². The Balaban J connectivity index is -0.0000000490. The molecule has 11 heteroatoms. The molecule has 104 valence electrons. The maximum absolute atomic E-state index is 10.3. The fraction of sp³-hybridized carbons (Fsp3) is 0.286. The van der Waals surface area contributed by atoms with Gasteiger partial charge < -0.3 is 45.4 Å². The van der Waals surface area contributed by atoms with Crippen molar-refractivity contribution < 1.29 is 34.0 Å². The van der Waals surface area contributed by atoms with E-state index in [1.807, 2.05) is 0 Å². The SMILES string of the molecule is NC(Cc1cn[cH-]n1)C(=O)O.[C-]#[O+].[NH2-].[NH2-].[NH2-].[NH2-].[Ru+6]. The first kappa shape index (κ1) is 36.0. The van der Waals surface area contributed by atoms with Crippen LogP contribution in [-0.4, -0.2) is 27.1 Å². The van der Waals surface area contributed by atoms with Crippen LogP contribution in [0.2, 0.25) is 0 Å². The van der Waals surface area contributed by atoms with Gasteiger partial charge in [-0.3, -0.25) is 4.79 Å². The summed E-state index contributed by atoms with van der Waals surface area (Å²) in [6.07, 6.45) is 3.10. The molecule has 18 heavy (non-hydrogen) atoms. The van der Waals surface area contributed by atoms with Gasteiger partial charge in [0.25, 0.3) is 0 Å². The van der Waals surface area contributed by atoms with Crippen LogP contribution in [0.15, 0.2) is 12.5 Å². The molecule has 0 bridgehead atoms. The maximum atomic E-state index is 10.3. The zero-order valence-corrected chi connectivity index (χ0v) is 11.1. The molecule has 10 nitrogen and oxygen atoms in total. The number of rotatable bonds is 3. The number of hydrogen-bond donors (Lipinski definition) is 2. The van der Waals surface area contributed by atoms with E-state index in [1.54, 1.807) is 0 Å². The Morgan fingerprint density at radius 1 is 1.44 bits per heavy atom. The molecule has 0 aliphatic rings. The molecule has 0 aromatic carbocycles. The molecule has 1 atom stereocenters. The van der Waals surface area contributed by atoms with Crippen molar-refractivity contribution >= 4 is 5.97 Å². The Morgan fingerprint density at radius 3 is 2.17 bits per heavy atom. The number of hydrogen-bond acceptors (Lipinski definition) is 4. The van der Waals surface area contributed by atoms with Gasteiger partial charge in [0.1, 0.15) is 0 Å². The van der Waals surface area contributed by atoms with Gasteiger partial charge in [-0.2, -0.15) is 0 Å². The molecule has 0 spiro atoms. The average molecular weight is 347 g/mol. The van der Waals surface area contributed by atoms with E-state index in [9.17, 15) is 4.79 Å². The Bertz CT molecular complexity index is 280. The van der Waals surface area contributed by atoms with Crippen molar-refractivity contribution in [2.75, 3.05) is 0 Å². The fourth-order valence-electron chi connectivity index (χ4n) is 0.678. The molecule has 0 radical (unpaired) electrons. The molecule has 1 aromatic rings. The molecule has 0 amide bonds. The summed E-state index contributed by atoms with van der Waals surface area (Å²) in [4.78, 5) is 17.7. The Hall–Kier alpha value is -1.16. The predicted molar refractivity (Wildman–Crippen MR) is 62.0 cm³/mol. The van der Waals surface area contributed by atoms with Crippen LogP contribution >= 0.6 is 0 Å².